The van der Waals surface area contributed by atoms with Gasteiger partial charge in [-0.3, -0.25) is 9.59 Å². The van der Waals surface area contributed by atoms with Crippen molar-refractivity contribution < 1.29 is 22.7 Å². The van der Waals surface area contributed by atoms with Gasteiger partial charge in [-0.15, -0.1) is 0 Å². The van der Waals surface area contributed by atoms with E-state index in [1.807, 2.05) is 20.8 Å². The minimum absolute atomic E-state index is 0.0227. The molecule has 31 heavy (non-hydrogen) atoms. The molecule has 3 rings (SSSR count). The number of aryl methyl sites for hydroxylation is 1. The third-order valence-electron chi connectivity index (χ3n) is 5.86. The number of carbonyl (C=O) groups excluding carboxylic acids is 2. The second-order valence-electron chi connectivity index (χ2n) is 8.45. The zero-order valence-electron chi connectivity index (χ0n) is 18.6. The lowest BCUT2D eigenvalue weighted by atomic mass is 10.0. The number of sulfonamides is 1. The van der Waals surface area contributed by atoms with Crippen molar-refractivity contribution in [3.63, 3.8) is 0 Å². The van der Waals surface area contributed by atoms with E-state index in [2.05, 4.69) is 5.32 Å². The van der Waals surface area contributed by atoms with Crippen LogP contribution >= 0.6 is 0 Å². The van der Waals surface area contributed by atoms with Gasteiger partial charge in [-0.2, -0.15) is 4.31 Å². The van der Waals surface area contributed by atoms with Crippen LogP contribution in [0, 0.1) is 5.92 Å². The highest BCUT2D eigenvalue weighted by molar-refractivity contribution is 7.89. The predicted octanol–water partition coefficient (Wildman–Crippen LogP) is 1.65. The monoisotopic (exact) mass is 451 g/mol. The standard InChI is InChI=1S/C22H33N3O5S/c1-4-17-7-8-18(14-20(17)31(28,29)25-10-12-30-13-11-25)22(27)24-9-5-6-19(15-24)23-21(26)16(2)3/h7-8,14,16,19H,4-6,9-13,15H2,1-3H3,(H,23,26). The first-order valence-corrected chi connectivity index (χ1v) is 12.5. The van der Waals surface area contributed by atoms with Crippen molar-refractivity contribution in [2.45, 2.75) is 51.0 Å². The first kappa shape index (κ1) is 23.7. The van der Waals surface area contributed by atoms with Gasteiger partial charge in [0.15, 0.2) is 0 Å². The van der Waals surface area contributed by atoms with Crippen LogP contribution in [0.3, 0.4) is 0 Å². The largest absolute Gasteiger partial charge is 0.379 e. The molecule has 8 nitrogen and oxygen atoms in total. The Labute approximate surface area is 185 Å². The van der Waals surface area contributed by atoms with E-state index in [0.29, 0.717) is 56.9 Å². The number of rotatable bonds is 6. The summed E-state index contributed by atoms with van der Waals surface area (Å²) in [6.07, 6.45) is 2.18. The molecule has 1 N–H and O–H groups in total. The van der Waals surface area contributed by atoms with E-state index in [1.165, 1.54) is 10.4 Å². The van der Waals surface area contributed by atoms with Crippen LogP contribution in [0.15, 0.2) is 23.1 Å². The van der Waals surface area contributed by atoms with Crippen LogP contribution < -0.4 is 5.32 Å². The number of carbonyl (C=O) groups is 2. The Morgan fingerprint density at radius 1 is 1.19 bits per heavy atom. The van der Waals surface area contributed by atoms with Gasteiger partial charge in [0.05, 0.1) is 18.1 Å². The maximum Gasteiger partial charge on any atom is 0.253 e. The minimum Gasteiger partial charge on any atom is -0.379 e. The number of hydrogen-bond donors (Lipinski definition) is 1. The van der Waals surface area contributed by atoms with Crippen molar-refractivity contribution in [2.75, 3.05) is 39.4 Å². The molecule has 1 atom stereocenters. The van der Waals surface area contributed by atoms with Gasteiger partial charge in [0.25, 0.3) is 5.91 Å². The van der Waals surface area contributed by atoms with Crippen LogP contribution in [0.25, 0.3) is 0 Å². The van der Waals surface area contributed by atoms with Crippen LogP contribution in [-0.2, 0) is 26.0 Å². The lowest BCUT2D eigenvalue weighted by molar-refractivity contribution is -0.125. The van der Waals surface area contributed by atoms with Gasteiger partial charge in [-0.1, -0.05) is 26.8 Å². The fourth-order valence-electron chi connectivity index (χ4n) is 3.98. The van der Waals surface area contributed by atoms with Gasteiger partial charge < -0.3 is 15.0 Å². The van der Waals surface area contributed by atoms with Crippen molar-refractivity contribution in [1.29, 1.82) is 0 Å². The normalized spacial score (nSPS) is 20.6. The summed E-state index contributed by atoms with van der Waals surface area (Å²) in [7, 11) is -3.70. The highest BCUT2D eigenvalue weighted by Crippen LogP contribution is 2.25. The molecule has 0 aliphatic carbocycles. The van der Waals surface area contributed by atoms with Crippen molar-refractivity contribution >= 4 is 21.8 Å². The van der Waals surface area contributed by atoms with Crippen molar-refractivity contribution in [1.82, 2.24) is 14.5 Å². The number of amides is 2. The zero-order valence-corrected chi connectivity index (χ0v) is 19.4. The average Bonchev–Trinajstić information content (AvgIpc) is 2.78. The molecule has 2 aliphatic rings. The van der Waals surface area contributed by atoms with Crippen LogP contribution in [0.2, 0.25) is 0 Å². The van der Waals surface area contributed by atoms with E-state index < -0.39 is 10.0 Å². The van der Waals surface area contributed by atoms with Crippen LogP contribution in [0.4, 0.5) is 0 Å². The fourth-order valence-corrected chi connectivity index (χ4v) is 5.70. The van der Waals surface area contributed by atoms with E-state index in [-0.39, 0.29) is 28.7 Å². The fraction of sp³-hybridized carbons (Fsp3) is 0.636. The summed E-state index contributed by atoms with van der Waals surface area (Å²) >= 11 is 0. The molecule has 2 saturated heterocycles. The summed E-state index contributed by atoms with van der Waals surface area (Å²) < 4.78 is 33.2. The molecule has 1 unspecified atom stereocenters. The molecule has 2 amide bonds. The minimum atomic E-state index is -3.70. The molecule has 1 aromatic rings. The highest BCUT2D eigenvalue weighted by atomic mass is 32.2. The van der Waals surface area contributed by atoms with Crippen LogP contribution in [-0.4, -0.2) is 74.9 Å². The summed E-state index contributed by atoms with van der Waals surface area (Å²) in [6.45, 7) is 7.97. The number of nitrogens with zero attached hydrogens (tertiary/aromatic N) is 2. The number of nitrogens with one attached hydrogen (secondary N) is 1. The van der Waals surface area contributed by atoms with E-state index >= 15 is 0 Å². The lowest BCUT2D eigenvalue weighted by Crippen LogP contribution is -2.50. The third-order valence-corrected chi connectivity index (χ3v) is 7.84. The summed E-state index contributed by atoms with van der Waals surface area (Å²) in [5.41, 5.74) is 1.06. The Hall–Kier alpha value is -1.97. The number of piperidine rings is 1. The second-order valence-corrected chi connectivity index (χ2v) is 10.4. The molecule has 2 heterocycles. The summed E-state index contributed by atoms with van der Waals surface area (Å²) in [6, 6.07) is 4.87. The van der Waals surface area contributed by atoms with Gasteiger partial charge in [-0.05, 0) is 37.0 Å². The van der Waals surface area contributed by atoms with Crippen molar-refractivity contribution in [2.24, 2.45) is 5.92 Å². The highest BCUT2D eigenvalue weighted by Gasteiger charge is 2.31. The summed E-state index contributed by atoms with van der Waals surface area (Å²) in [4.78, 5) is 27.2. The Bertz CT molecular complexity index is 910. The van der Waals surface area contributed by atoms with Crippen LogP contribution in [0.1, 0.15) is 49.5 Å². The molecule has 2 fully saturated rings. The third kappa shape index (κ3) is 5.45. The van der Waals surface area contributed by atoms with E-state index in [4.69, 9.17) is 4.74 Å². The molecule has 0 saturated carbocycles. The molecular formula is C22H33N3O5S. The molecule has 0 radical (unpaired) electrons. The van der Waals surface area contributed by atoms with E-state index in [9.17, 15) is 18.0 Å². The Balaban J connectivity index is 1.81. The Kier molecular flexibility index (Phi) is 7.72. The smallest absolute Gasteiger partial charge is 0.253 e. The molecule has 9 heteroatoms. The molecule has 0 bridgehead atoms. The molecule has 1 aromatic carbocycles. The topological polar surface area (TPSA) is 96.0 Å². The molecular weight excluding hydrogens is 418 g/mol. The van der Waals surface area contributed by atoms with E-state index in [1.54, 1.807) is 17.0 Å². The average molecular weight is 452 g/mol. The van der Waals surface area contributed by atoms with Gasteiger partial charge in [0, 0.05) is 43.7 Å². The number of ether oxygens (including phenoxy) is 1. The van der Waals surface area contributed by atoms with Crippen molar-refractivity contribution in [3.8, 4) is 0 Å². The van der Waals surface area contributed by atoms with Gasteiger partial charge >= 0.3 is 0 Å². The summed E-state index contributed by atoms with van der Waals surface area (Å²) in [5, 5.41) is 3.00. The lowest BCUT2D eigenvalue weighted by Gasteiger charge is -2.34. The number of likely N-dealkylation sites (tertiary alicyclic amines) is 1. The first-order valence-electron chi connectivity index (χ1n) is 11.0. The Morgan fingerprint density at radius 2 is 1.90 bits per heavy atom. The number of benzene rings is 1. The molecule has 0 aromatic heterocycles. The van der Waals surface area contributed by atoms with Gasteiger partial charge in [0.2, 0.25) is 15.9 Å². The zero-order chi connectivity index (χ0) is 22.6. The summed E-state index contributed by atoms with van der Waals surface area (Å²) in [5.74, 6) is -0.337. The molecule has 172 valence electrons. The first-order chi connectivity index (χ1) is 14.7. The maximum absolute atomic E-state index is 13.3. The SMILES string of the molecule is CCc1ccc(C(=O)N2CCCC(NC(=O)C(C)C)C2)cc1S(=O)(=O)N1CCOCC1. The molecule has 0 spiro atoms. The van der Waals surface area contributed by atoms with Crippen LogP contribution in [0.5, 0.6) is 0 Å². The van der Waals surface area contributed by atoms with E-state index in [0.717, 1.165) is 12.8 Å². The predicted molar refractivity (Wildman–Crippen MR) is 117 cm³/mol. The number of morpholine rings is 1. The Morgan fingerprint density at radius 3 is 2.55 bits per heavy atom. The quantitative estimate of drug-likeness (QED) is 0.710. The maximum atomic E-state index is 13.3. The molecule has 2 aliphatic heterocycles. The number of hydrogen-bond acceptors (Lipinski definition) is 5. The second kappa shape index (κ2) is 10.1. The van der Waals surface area contributed by atoms with Crippen molar-refractivity contribution in [3.05, 3.63) is 29.3 Å². The van der Waals surface area contributed by atoms with Gasteiger partial charge in [0.1, 0.15) is 0 Å². The van der Waals surface area contributed by atoms with Gasteiger partial charge in [-0.25, -0.2) is 8.42 Å².